The van der Waals surface area contributed by atoms with Crippen LogP contribution in [0.3, 0.4) is 0 Å². The zero-order valence-electron chi connectivity index (χ0n) is 12.4. The van der Waals surface area contributed by atoms with E-state index < -0.39 is 0 Å². The van der Waals surface area contributed by atoms with Crippen LogP contribution in [0.15, 0.2) is 24.3 Å². The van der Waals surface area contributed by atoms with Gasteiger partial charge in [-0.1, -0.05) is 17.2 Å². The van der Waals surface area contributed by atoms with Gasteiger partial charge in [0.25, 0.3) is 0 Å². The fraction of sp³-hybridized carbons (Fsp3) is 0.438. The predicted molar refractivity (Wildman–Crippen MR) is 83.6 cm³/mol. The minimum Gasteiger partial charge on any atom is -0.307 e. The fourth-order valence-corrected chi connectivity index (χ4v) is 2.68. The minimum absolute atomic E-state index is 0.143. The lowest BCUT2D eigenvalue weighted by Crippen LogP contribution is -2.34. The van der Waals surface area contributed by atoms with Crippen LogP contribution < -0.4 is 5.32 Å². The van der Waals surface area contributed by atoms with E-state index in [1.807, 2.05) is 0 Å². The summed E-state index contributed by atoms with van der Waals surface area (Å²) in [6, 6.07) is 8.78. The molecule has 1 aromatic carbocycles. The van der Waals surface area contributed by atoms with Gasteiger partial charge >= 0.3 is 0 Å². The van der Waals surface area contributed by atoms with Crippen molar-refractivity contribution in [3.05, 3.63) is 40.3 Å². The summed E-state index contributed by atoms with van der Waals surface area (Å²) in [5.41, 5.74) is 5.03. The number of hydrogen-bond donors (Lipinski definition) is 1. The lowest BCUT2D eigenvalue weighted by atomic mass is 10.0. The molecule has 0 atom stereocenters. The third-order valence-electron chi connectivity index (χ3n) is 2.87. The summed E-state index contributed by atoms with van der Waals surface area (Å²) in [6.07, 6.45) is 0. The van der Waals surface area contributed by atoms with Crippen molar-refractivity contribution in [1.29, 1.82) is 0 Å². The molecule has 0 saturated carbocycles. The quantitative estimate of drug-likeness (QED) is 0.902. The normalized spacial score (nSPS) is 11.8. The molecule has 0 bridgehead atoms. The van der Waals surface area contributed by atoms with Gasteiger partial charge in [0.15, 0.2) is 0 Å². The molecule has 1 heterocycles. The highest BCUT2D eigenvalue weighted by atomic mass is 32.1. The van der Waals surface area contributed by atoms with E-state index in [1.165, 1.54) is 21.6 Å². The minimum atomic E-state index is 0.143. The average Bonchev–Trinajstić information content (AvgIpc) is 2.72. The first-order chi connectivity index (χ1) is 8.83. The molecule has 19 heavy (non-hydrogen) atoms. The van der Waals surface area contributed by atoms with Crippen LogP contribution in [-0.4, -0.2) is 9.91 Å². The van der Waals surface area contributed by atoms with Crippen molar-refractivity contribution >= 4 is 11.5 Å². The summed E-state index contributed by atoms with van der Waals surface area (Å²) in [6.45, 7) is 11.7. The maximum Gasteiger partial charge on any atom is 0.0844 e. The summed E-state index contributed by atoms with van der Waals surface area (Å²) in [7, 11) is 0. The Labute approximate surface area is 120 Å². The molecule has 0 aliphatic rings. The first kappa shape index (κ1) is 14.2. The van der Waals surface area contributed by atoms with E-state index in [4.69, 9.17) is 0 Å². The molecule has 0 aliphatic heterocycles. The highest BCUT2D eigenvalue weighted by Crippen LogP contribution is 2.24. The van der Waals surface area contributed by atoms with Crippen LogP contribution in [0.5, 0.6) is 0 Å². The van der Waals surface area contributed by atoms with Gasteiger partial charge in [0.2, 0.25) is 0 Å². The number of benzene rings is 1. The van der Waals surface area contributed by atoms with E-state index in [1.54, 1.807) is 11.5 Å². The summed E-state index contributed by atoms with van der Waals surface area (Å²) < 4.78 is 4.57. The second-order valence-electron chi connectivity index (χ2n) is 6.16. The summed E-state index contributed by atoms with van der Waals surface area (Å²) in [5.74, 6) is 0. The number of nitrogens with zero attached hydrogens (tertiary/aromatic N) is 1. The van der Waals surface area contributed by atoms with Crippen molar-refractivity contribution in [2.24, 2.45) is 0 Å². The first-order valence-electron chi connectivity index (χ1n) is 6.63. The molecule has 102 valence electrons. The van der Waals surface area contributed by atoms with E-state index in [9.17, 15) is 0 Å². The Bertz CT molecular complexity index is 544. The van der Waals surface area contributed by atoms with Crippen LogP contribution in [0, 0.1) is 13.8 Å². The summed E-state index contributed by atoms with van der Waals surface area (Å²) in [5, 5.41) is 3.50. The van der Waals surface area contributed by atoms with E-state index >= 15 is 0 Å². The Morgan fingerprint density at radius 3 is 2.26 bits per heavy atom. The van der Waals surface area contributed by atoms with E-state index in [2.05, 4.69) is 68.6 Å². The molecule has 0 amide bonds. The molecule has 0 saturated heterocycles. The van der Waals surface area contributed by atoms with Gasteiger partial charge in [-0.05, 0) is 64.4 Å². The average molecular weight is 274 g/mol. The van der Waals surface area contributed by atoms with Gasteiger partial charge in [-0.3, -0.25) is 0 Å². The standard InChI is InChI=1S/C16H22N2S/c1-11-6-12(2)8-13(7-11)15-9-14(19-18-15)10-17-16(3,4)5/h6-9,17H,10H2,1-5H3. The van der Waals surface area contributed by atoms with Crippen molar-refractivity contribution in [3.63, 3.8) is 0 Å². The Kier molecular flexibility index (Phi) is 4.07. The van der Waals surface area contributed by atoms with Crippen LogP contribution in [0.2, 0.25) is 0 Å². The Morgan fingerprint density at radius 1 is 1.05 bits per heavy atom. The molecule has 1 aromatic heterocycles. The van der Waals surface area contributed by atoms with Crippen molar-refractivity contribution < 1.29 is 0 Å². The number of rotatable bonds is 3. The topological polar surface area (TPSA) is 24.9 Å². The zero-order valence-corrected chi connectivity index (χ0v) is 13.2. The maximum atomic E-state index is 4.57. The Hall–Kier alpha value is -1.19. The van der Waals surface area contributed by atoms with Gasteiger partial charge in [0.05, 0.1) is 5.69 Å². The molecule has 2 rings (SSSR count). The highest BCUT2D eigenvalue weighted by Gasteiger charge is 2.11. The monoisotopic (exact) mass is 274 g/mol. The third-order valence-corrected chi connectivity index (χ3v) is 3.65. The highest BCUT2D eigenvalue weighted by molar-refractivity contribution is 7.06. The molecule has 2 nitrogen and oxygen atoms in total. The van der Waals surface area contributed by atoms with E-state index in [0.717, 1.165) is 12.2 Å². The van der Waals surface area contributed by atoms with Gasteiger partial charge in [-0.15, -0.1) is 0 Å². The molecule has 1 N–H and O–H groups in total. The molecule has 0 spiro atoms. The van der Waals surface area contributed by atoms with Gasteiger partial charge in [-0.2, -0.15) is 4.37 Å². The molecule has 0 aliphatic carbocycles. The summed E-state index contributed by atoms with van der Waals surface area (Å²) >= 11 is 1.58. The SMILES string of the molecule is Cc1cc(C)cc(-c2cc(CNC(C)(C)C)sn2)c1. The molecular formula is C16H22N2S. The van der Waals surface area contributed by atoms with Gasteiger partial charge < -0.3 is 5.32 Å². The molecule has 0 radical (unpaired) electrons. The number of aromatic nitrogens is 1. The maximum absolute atomic E-state index is 4.57. The van der Waals surface area contributed by atoms with Crippen molar-refractivity contribution in [3.8, 4) is 11.3 Å². The molecule has 2 aromatic rings. The van der Waals surface area contributed by atoms with Gasteiger partial charge in [0.1, 0.15) is 0 Å². The van der Waals surface area contributed by atoms with Crippen molar-refractivity contribution in [1.82, 2.24) is 9.69 Å². The second kappa shape index (κ2) is 5.43. The Balaban J connectivity index is 2.16. The van der Waals surface area contributed by atoms with Gasteiger partial charge in [-0.25, -0.2) is 0 Å². The number of nitrogens with one attached hydrogen (secondary N) is 1. The van der Waals surface area contributed by atoms with Gasteiger partial charge in [0, 0.05) is 22.5 Å². The first-order valence-corrected chi connectivity index (χ1v) is 7.40. The van der Waals surface area contributed by atoms with Crippen LogP contribution in [0.4, 0.5) is 0 Å². The molecule has 0 unspecified atom stereocenters. The Morgan fingerprint density at radius 2 is 1.68 bits per heavy atom. The number of hydrogen-bond acceptors (Lipinski definition) is 3. The predicted octanol–water partition coefficient (Wildman–Crippen LogP) is 4.32. The smallest absolute Gasteiger partial charge is 0.0844 e. The lowest BCUT2D eigenvalue weighted by molar-refractivity contribution is 0.426. The lowest BCUT2D eigenvalue weighted by Gasteiger charge is -2.19. The van der Waals surface area contributed by atoms with Crippen LogP contribution >= 0.6 is 11.5 Å². The van der Waals surface area contributed by atoms with Crippen molar-refractivity contribution in [2.75, 3.05) is 0 Å². The number of aryl methyl sites for hydroxylation is 2. The van der Waals surface area contributed by atoms with Crippen LogP contribution in [0.1, 0.15) is 36.8 Å². The molecule has 0 fully saturated rings. The zero-order chi connectivity index (χ0) is 14.0. The largest absolute Gasteiger partial charge is 0.307 e. The molecule has 3 heteroatoms. The van der Waals surface area contributed by atoms with E-state index in [-0.39, 0.29) is 5.54 Å². The summed E-state index contributed by atoms with van der Waals surface area (Å²) in [4.78, 5) is 1.28. The fourth-order valence-electron chi connectivity index (χ4n) is 2.01. The third kappa shape index (κ3) is 4.15. The van der Waals surface area contributed by atoms with E-state index in [0.29, 0.717) is 0 Å². The van der Waals surface area contributed by atoms with Crippen LogP contribution in [-0.2, 0) is 6.54 Å². The van der Waals surface area contributed by atoms with Crippen molar-refractivity contribution in [2.45, 2.75) is 46.7 Å². The second-order valence-corrected chi connectivity index (χ2v) is 7.05. The van der Waals surface area contributed by atoms with Crippen LogP contribution in [0.25, 0.3) is 11.3 Å². The molecular weight excluding hydrogens is 252 g/mol.